The topological polar surface area (TPSA) is 38.5 Å². The highest BCUT2D eigenvalue weighted by atomic mass is 35.5. The summed E-state index contributed by atoms with van der Waals surface area (Å²) in [6.45, 7) is 3.39. The van der Waals surface area contributed by atoms with E-state index >= 15 is 0 Å². The fourth-order valence-electron chi connectivity index (χ4n) is 1.67. The van der Waals surface area contributed by atoms with E-state index in [1.165, 1.54) is 0 Å². The van der Waals surface area contributed by atoms with Crippen LogP contribution >= 0.6 is 12.4 Å². The Bertz CT molecular complexity index is 163. The van der Waals surface area contributed by atoms with Gasteiger partial charge in [-0.25, -0.2) is 8.78 Å². The van der Waals surface area contributed by atoms with Gasteiger partial charge in [0.1, 0.15) is 6.61 Å². The Labute approximate surface area is 95.4 Å². The molecule has 3 nitrogen and oxygen atoms in total. The lowest BCUT2D eigenvalue weighted by molar-refractivity contribution is 0.0113. The lowest BCUT2D eigenvalue weighted by Gasteiger charge is -2.15. The number of ether oxygens (including phenoxy) is 1. The maximum atomic E-state index is 11.7. The molecule has 92 valence electrons. The predicted molar refractivity (Wildman–Crippen MR) is 57.7 cm³/mol. The number of nitrogens with zero attached hydrogens (tertiary/aromatic N) is 1. The lowest BCUT2D eigenvalue weighted by Crippen LogP contribution is -2.27. The average Bonchev–Trinajstić information content (AvgIpc) is 2.60. The van der Waals surface area contributed by atoms with Crippen molar-refractivity contribution >= 4 is 12.4 Å². The number of hydrogen-bond acceptors (Lipinski definition) is 3. The molecule has 0 saturated carbocycles. The molecule has 0 radical (unpaired) electrons. The number of likely N-dealkylation sites (tertiary alicyclic amines) is 1. The third kappa shape index (κ3) is 6.25. The second-order valence-corrected chi connectivity index (χ2v) is 3.66. The molecule has 0 aromatic rings. The Morgan fingerprint density at radius 1 is 1.47 bits per heavy atom. The minimum absolute atomic E-state index is 0. The van der Waals surface area contributed by atoms with Crippen molar-refractivity contribution in [2.75, 3.05) is 39.4 Å². The first-order valence-electron chi connectivity index (χ1n) is 5.00. The van der Waals surface area contributed by atoms with Crippen molar-refractivity contribution in [1.82, 2.24) is 4.90 Å². The van der Waals surface area contributed by atoms with Crippen LogP contribution in [0.3, 0.4) is 0 Å². The summed E-state index contributed by atoms with van der Waals surface area (Å²) in [5.74, 6) is 0.574. The van der Waals surface area contributed by atoms with Crippen LogP contribution in [0.2, 0.25) is 0 Å². The molecule has 0 amide bonds. The van der Waals surface area contributed by atoms with Crippen molar-refractivity contribution in [3.8, 4) is 0 Å². The summed E-state index contributed by atoms with van der Waals surface area (Å²) in [4.78, 5) is 2.21. The van der Waals surface area contributed by atoms with Crippen molar-refractivity contribution in [2.45, 2.75) is 12.8 Å². The molecule has 1 saturated heterocycles. The first-order chi connectivity index (χ1) is 6.72. The highest BCUT2D eigenvalue weighted by Crippen LogP contribution is 2.13. The van der Waals surface area contributed by atoms with Gasteiger partial charge in [-0.05, 0) is 25.4 Å². The van der Waals surface area contributed by atoms with E-state index in [4.69, 9.17) is 10.5 Å². The molecule has 0 aromatic heterocycles. The standard InChI is InChI=1S/C9H18F2N2O.ClH/c10-9(11)7-14-4-3-13-2-1-8(5-12)6-13;/h8-9H,1-7,12H2;1H. The summed E-state index contributed by atoms with van der Waals surface area (Å²) < 4.78 is 28.2. The molecule has 1 rings (SSSR count). The molecular formula is C9H19ClF2N2O. The van der Waals surface area contributed by atoms with Crippen molar-refractivity contribution < 1.29 is 13.5 Å². The van der Waals surface area contributed by atoms with Crippen LogP contribution in [-0.4, -0.2) is 50.7 Å². The van der Waals surface area contributed by atoms with Crippen LogP contribution in [-0.2, 0) is 4.74 Å². The zero-order chi connectivity index (χ0) is 10.4. The predicted octanol–water partition coefficient (Wildman–Crippen LogP) is 0.971. The Hall–Kier alpha value is 0.0300. The molecule has 15 heavy (non-hydrogen) atoms. The summed E-state index contributed by atoms with van der Waals surface area (Å²) >= 11 is 0. The van der Waals surface area contributed by atoms with Crippen LogP contribution in [0.4, 0.5) is 8.78 Å². The monoisotopic (exact) mass is 244 g/mol. The average molecular weight is 245 g/mol. The van der Waals surface area contributed by atoms with Gasteiger partial charge in [-0.3, -0.25) is 0 Å². The zero-order valence-electron chi connectivity index (χ0n) is 8.70. The highest BCUT2D eigenvalue weighted by Gasteiger charge is 2.20. The largest absolute Gasteiger partial charge is 0.374 e. The third-order valence-electron chi connectivity index (χ3n) is 2.50. The van der Waals surface area contributed by atoms with Gasteiger partial charge in [-0.15, -0.1) is 12.4 Å². The molecule has 0 aromatic carbocycles. The molecule has 1 heterocycles. The van der Waals surface area contributed by atoms with Crippen LogP contribution in [0.5, 0.6) is 0 Å². The normalized spacial score (nSPS) is 22.0. The van der Waals surface area contributed by atoms with E-state index in [9.17, 15) is 8.78 Å². The van der Waals surface area contributed by atoms with Crippen molar-refractivity contribution in [3.05, 3.63) is 0 Å². The molecule has 1 atom stereocenters. The highest BCUT2D eigenvalue weighted by molar-refractivity contribution is 5.85. The summed E-state index contributed by atoms with van der Waals surface area (Å²) in [6.07, 6.45) is -1.24. The molecule has 1 aliphatic rings. The third-order valence-corrected chi connectivity index (χ3v) is 2.50. The van der Waals surface area contributed by atoms with Crippen LogP contribution < -0.4 is 5.73 Å². The summed E-state index contributed by atoms with van der Waals surface area (Å²) in [5.41, 5.74) is 5.53. The van der Waals surface area contributed by atoms with E-state index in [0.29, 0.717) is 19.1 Å². The first kappa shape index (κ1) is 15.0. The number of rotatable bonds is 6. The quantitative estimate of drug-likeness (QED) is 0.708. The molecule has 0 spiro atoms. The molecule has 1 fully saturated rings. The maximum absolute atomic E-state index is 11.7. The fourth-order valence-corrected chi connectivity index (χ4v) is 1.67. The Morgan fingerprint density at radius 2 is 2.20 bits per heavy atom. The van der Waals surface area contributed by atoms with Gasteiger partial charge in [0.2, 0.25) is 0 Å². The van der Waals surface area contributed by atoms with Gasteiger partial charge < -0.3 is 15.4 Å². The Balaban J connectivity index is 0.00000196. The van der Waals surface area contributed by atoms with E-state index in [1.54, 1.807) is 0 Å². The molecule has 1 aliphatic heterocycles. The van der Waals surface area contributed by atoms with Crippen molar-refractivity contribution in [2.24, 2.45) is 11.7 Å². The number of hydrogen-bond donors (Lipinski definition) is 1. The Kier molecular flexibility index (Phi) is 8.23. The second kappa shape index (κ2) is 8.21. The number of halogens is 3. The molecule has 1 unspecified atom stereocenters. The van der Waals surface area contributed by atoms with E-state index in [2.05, 4.69) is 4.90 Å². The van der Waals surface area contributed by atoms with Gasteiger partial charge in [0, 0.05) is 13.1 Å². The van der Waals surface area contributed by atoms with E-state index in [1.807, 2.05) is 0 Å². The van der Waals surface area contributed by atoms with Gasteiger partial charge in [0.05, 0.1) is 6.61 Å². The first-order valence-corrected chi connectivity index (χ1v) is 5.00. The maximum Gasteiger partial charge on any atom is 0.261 e. The smallest absolute Gasteiger partial charge is 0.261 e. The molecular weight excluding hydrogens is 226 g/mol. The minimum atomic E-state index is -2.36. The lowest BCUT2D eigenvalue weighted by atomic mass is 10.1. The van der Waals surface area contributed by atoms with Crippen molar-refractivity contribution in [1.29, 1.82) is 0 Å². The van der Waals surface area contributed by atoms with Gasteiger partial charge in [-0.2, -0.15) is 0 Å². The molecule has 0 bridgehead atoms. The van der Waals surface area contributed by atoms with E-state index < -0.39 is 13.0 Å². The fraction of sp³-hybridized carbons (Fsp3) is 1.00. The van der Waals surface area contributed by atoms with E-state index in [-0.39, 0.29) is 12.4 Å². The SMILES string of the molecule is Cl.NCC1CCN(CCOCC(F)F)C1. The molecule has 6 heteroatoms. The van der Waals surface area contributed by atoms with Gasteiger partial charge in [0.25, 0.3) is 6.43 Å². The Morgan fingerprint density at radius 3 is 2.73 bits per heavy atom. The molecule has 2 N–H and O–H groups in total. The second-order valence-electron chi connectivity index (χ2n) is 3.66. The van der Waals surface area contributed by atoms with E-state index in [0.717, 1.165) is 26.1 Å². The number of nitrogens with two attached hydrogens (primary N) is 1. The van der Waals surface area contributed by atoms with Gasteiger partial charge >= 0.3 is 0 Å². The van der Waals surface area contributed by atoms with Gasteiger partial charge in [0.15, 0.2) is 0 Å². The van der Waals surface area contributed by atoms with Crippen LogP contribution in [0.25, 0.3) is 0 Å². The molecule has 0 aliphatic carbocycles. The van der Waals surface area contributed by atoms with Crippen LogP contribution in [0, 0.1) is 5.92 Å². The minimum Gasteiger partial charge on any atom is -0.374 e. The van der Waals surface area contributed by atoms with Gasteiger partial charge in [-0.1, -0.05) is 0 Å². The summed E-state index contributed by atoms with van der Waals surface area (Å²) in [7, 11) is 0. The number of alkyl halides is 2. The summed E-state index contributed by atoms with van der Waals surface area (Å²) in [5, 5.41) is 0. The van der Waals surface area contributed by atoms with Crippen LogP contribution in [0.1, 0.15) is 6.42 Å². The van der Waals surface area contributed by atoms with Crippen molar-refractivity contribution in [3.63, 3.8) is 0 Å². The summed E-state index contributed by atoms with van der Waals surface area (Å²) in [6, 6.07) is 0. The van der Waals surface area contributed by atoms with Crippen LogP contribution in [0.15, 0.2) is 0 Å². The zero-order valence-corrected chi connectivity index (χ0v) is 9.52.